The Balaban J connectivity index is 2.28. The van der Waals surface area contributed by atoms with E-state index in [1.807, 2.05) is 37.4 Å². The van der Waals surface area contributed by atoms with Crippen molar-refractivity contribution in [2.75, 3.05) is 17.7 Å². The van der Waals surface area contributed by atoms with Gasteiger partial charge in [-0.2, -0.15) is 5.26 Å². The number of hydrogen-bond donors (Lipinski definition) is 2. The van der Waals surface area contributed by atoms with Gasteiger partial charge in [0.25, 0.3) is 0 Å². The molecule has 0 saturated heterocycles. The fraction of sp³-hybridized carbons (Fsp3) is 0.0769. The number of hydrogen-bond acceptors (Lipinski definition) is 4. The Bertz CT molecular complexity index is 557. The van der Waals surface area contributed by atoms with E-state index in [1.54, 1.807) is 12.3 Å². The van der Waals surface area contributed by atoms with Crippen LogP contribution < -0.4 is 10.6 Å². The van der Waals surface area contributed by atoms with Crippen molar-refractivity contribution in [1.82, 2.24) is 4.98 Å². The van der Waals surface area contributed by atoms with Crippen LogP contribution in [0.5, 0.6) is 0 Å². The van der Waals surface area contributed by atoms with Gasteiger partial charge in [-0.05, 0) is 18.2 Å². The molecule has 0 unspecified atom stereocenters. The van der Waals surface area contributed by atoms with Crippen molar-refractivity contribution in [1.29, 1.82) is 5.26 Å². The SMILES string of the molecule is CNc1cc(Nc2ccccc2C#N)ccn1. The molecular formula is C13H12N4. The Labute approximate surface area is 99.9 Å². The van der Waals surface area contributed by atoms with Crippen molar-refractivity contribution in [2.45, 2.75) is 0 Å². The van der Waals surface area contributed by atoms with Gasteiger partial charge < -0.3 is 10.6 Å². The molecule has 0 amide bonds. The first-order valence-corrected chi connectivity index (χ1v) is 5.23. The van der Waals surface area contributed by atoms with E-state index in [0.717, 1.165) is 17.2 Å². The van der Waals surface area contributed by atoms with E-state index < -0.39 is 0 Å². The first-order valence-electron chi connectivity index (χ1n) is 5.23. The minimum Gasteiger partial charge on any atom is -0.373 e. The summed E-state index contributed by atoms with van der Waals surface area (Å²) < 4.78 is 0. The number of nitrogens with zero attached hydrogens (tertiary/aromatic N) is 2. The number of nitrogens with one attached hydrogen (secondary N) is 2. The van der Waals surface area contributed by atoms with Gasteiger partial charge in [0.15, 0.2) is 0 Å². The maximum absolute atomic E-state index is 8.98. The van der Waals surface area contributed by atoms with Crippen LogP contribution >= 0.6 is 0 Å². The molecule has 2 aromatic rings. The molecule has 4 nitrogen and oxygen atoms in total. The second-order valence-corrected chi connectivity index (χ2v) is 3.46. The Morgan fingerprint density at radius 2 is 2.06 bits per heavy atom. The summed E-state index contributed by atoms with van der Waals surface area (Å²) >= 11 is 0. The summed E-state index contributed by atoms with van der Waals surface area (Å²) in [4.78, 5) is 4.13. The molecule has 0 radical (unpaired) electrons. The van der Waals surface area contributed by atoms with Crippen LogP contribution in [0.1, 0.15) is 5.56 Å². The van der Waals surface area contributed by atoms with E-state index in [9.17, 15) is 0 Å². The average molecular weight is 224 g/mol. The molecule has 1 heterocycles. The third kappa shape index (κ3) is 2.52. The van der Waals surface area contributed by atoms with Gasteiger partial charge >= 0.3 is 0 Å². The monoisotopic (exact) mass is 224 g/mol. The van der Waals surface area contributed by atoms with Crippen molar-refractivity contribution in [3.63, 3.8) is 0 Å². The van der Waals surface area contributed by atoms with Gasteiger partial charge in [-0.3, -0.25) is 0 Å². The summed E-state index contributed by atoms with van der Waals surface area (Å²) in [5.41, 5.74) is 2.31. The van der Waals surface area contributed by atoms with E-state index >= 15 is 0 Å². The first kappa shape index (κ1) is 11.0. The summed E-state index contributed by atoms with van der Waals surface area (Å²) in [6, 6.07) is 13.3. The van der Waals surface area contributed by atoms with Crippen molar-refractivity contribution < 1.29 is 0 Å². The van der Waals surface area contributed by atoms with Gasteiger partial charge in [0.2, 0.25) is 0 Å². The number of rotatable bonds is 3. The molecule has 2 rings (SSSR count). The van der Waals surface area contributed by atoms with Gasteiger partial charge in [-0.25, -0.2) is 4.98 Å². The van der Waals surface area contributed by atoms with E-state index in [2.05, 4.69) is 21.7 Å². The van der Waals surface area contributed by atoms with E-state index in [-0.39, 0.29) is 0 Å². The van der Waals surface area contributed by atoms with Gasteiger partial charge in [-0.15, -0.1) is 0 Å². The van der Waals surface area contributed by atoms with Crippen molar-refractivity contribution >= 4 is 17.2 Å². The van der Waals surface area contributed by atoms with Crippen LogP contribution in [0.2, 0.25) is 0 Å². The zero-order valence-electron chi connectivity index (χ0n) is 9.44. The minimum absolute atomic E-state index is 0.621. The van der Waals surface area contributed by atoms with E-state index in [4.69, 9.17) is 5.26 Å². The largest absolute Gasteiger partial charge is 0.373 e. The van der Waals surface area contributed by atoms with Crippen molar-refractivity contribution in [2.24, 2.45) is 0 Å². The molecule has 0 aliphatic rings. The van der Waals surface area contributed by atoms with Crippen molar-refractivity contribution in [3.8, 4) is 6.07 Å². The van der Waals surface area contributed by atoms with Gasteiger partial charge in [0.05, 0.1) is 11.3 Å². The summed E-state index contributed by atoms with van der Waals surface area (Å²) in [7, 11) is 1.81. The summed E-state index contributed by atoms with van der Waals surface area (Å²) in [6.45, 7) is 0. The van der Waals surface area contributed by atoms with Gasteiger partial charge in [-0.1, -0.05) is 12.1 Å². The molecule has 1 aromatic carbocycles. The number of benzene rings is 1. The maximum atomic E-state index is 8.98. The summed E-state index contributed by atoms with van der Waals surface area (Å²) in [5, 5.41) is 15.1. The highest BCUT2D eigenvalue weighted by Gasteiger charge is 2.01. The Morgan fingerprint density at radius 3 is 2.82 bits per heavy atom. The standard InChI is InChI=1S/C13H12N4/c1-15-13-8-11(6-7-16-13)17-12-5-3-2-4-10(12)9-14/h2-8H,1H3,(H2,15,16,17). The van der Waals surface area contributed by atoms with Crippen LogP contribution in [-0.4, -0.2) is 12.0 Å². The molecule has 17 heavy (non-hydrogen) atoms. The molecule has 84 valence electrons. The molecule has 1 aromatic heterocycles. The quantitative estimate of drug-likeness (QED) is 0.841. The third-order valence-corrected chi connectivity index (χ3v) is 2.34. The number of nitriles is 1. The van der Waals surface area contributed by atoms with Crippen LogP contribution in [0, 0.1) is 11.3 Å². The molecule has 0 atom stereocenters. The Morgan fingerprint density at radius 1 is 1.24 bits per heavy atom. The maximum Gasteiger partial charge on any atom is 0.127 e. The molecular weight excluding hydrogens is 212 g/mol. The lowest BCUT2D eigenvalue weighted by Gasteiger charge is -2.08. The van der Waals surface area contributed by atoms with Crippen LogP contribution in [0.4, 0.5) is 17.2 Å². The lowest BCUT2D eigenvalue weighted by Crippen LogP contribution is -1.96. The second kappa shape index (κ2) is 4.99. The molecule has 0 spiro atoms. The first-order chi connectivity index (χ1) is 8.33. The molecule has 4 heteroatoms. The van der Waals surface area contributed by atoms with E-state index in [1.165, 1.54) is 0 Å². The number of aromatic nitrogens is 1. The Kier molecular flexibility index (Phi) is 3.22. The number of pyridine rings is 1. The number of para-hydroxylation sites is 1. The molecule has 0 fully saturated rings. The Hall–Kier alpha value is -2.54. The van der Waals surface area contributed by atoms with Crippen LogP contribution in [0.3, 0.4) is 0 Å². The van der Waals surface area contributed by atoms with Gasteiger partial charge in [0.1, 0.15) is 11.9 Å². The second-order valence-electron chi connectivity index (χ2n) is 3.46. The predicted octanol–water partition coefficient (Wildman–Crippen LogP) is 2.74. The highest BCUT2D eigenvalue weighted by molar-refractivity contribution is 5.67. The van der Waals surface area contributed by atoms with Crippen LogP contribution in [0.25, 0.3) is 0 Å². The normalized spacial score (nSPS) is 9.41. The lowest BCUT2D eigenvalue weighted by atomic mass is 10.2. The highest BCUT2D eigenvalue weighted by atomic mass is 15.0. The van der Waals surface area contributed by atoms with E-state index in [0.29, 0.717) is 5.56 Å². The third-order valence-electron chi connectivity index (χ3n) is 2.34. The zero-order chi connectivity index (χ0) is 12.1. The topological polar surface area (TPSA) is 60.7 Å². The predicted molar refractivity (Wildman–Crippen MR) is 68.2 cm³/mol. The summed E-state index contributed by atoms with van der Waals surface area (Å²) in [5.74, 6) is 0.782. The van der Waals surface area contributed by atoms with Crippen LogP contribution in [-0.2, 0) is 0 Å². The molecule has 0 aliphatic carbocycles. The lowest BCUT2D eigenvalue weighted by molar-refractivity contribution is 1.28. The molecule has 0 aliphatic heterocycles. The highest BCUT2D eigenvalue weighted by Crippen LogP contribution is 2.21. The number of anilines is 3. The smallest absolute Gasteiger partial charge is 0.127 e. The molecule has 2 N–H and O–H groups in total. The fourth-order valence-corrected chi connectivity index (χ4v) is 1.49. The molecule has 0 bridgehead atoms. The fourth-order valence-electron chi connectivity index (χ4n) is 1.49. The van der Waals surface area contributed by atoms with Crippen molar-refractivity contribution in [3.05, 3.63) is 48.2 Å². The van der Waals surface area contributed by atoms with Crippen LogP contribution in [0.15, 0.2) is 42.6 Å². The average Bonchev–Trinajstić information content (AvgIpc) is 2.39. The summed E-state index contributed by atoms with van der Waals surface area (Å²) in [6.07, 6.45) is 1.71. The zero-order valence-corrected chi connectivity index (χ0v) is 9.44. The minimum atomic E-state index is 0.621. The molecule has 0 saturated carbocycles. The van der Waals surface area contributed by atoms with Gasteiger partial charge in [0, 0.05) is 25.0 Å².